The standard InChI is InChI=1S/C56H72N8O8/c1-36(2)49(63-25-20-56(54(63)69)19-24-62(34-56)47(65)16-11-22-61-26-28-71-29-27-61)51(66)58-45-31-38-12-8-13-39(30-38)40-17-18-46-42(32-40)43(50(60(46)6)41-14-9-21-57-48(41)37(3)70-7)33-55(4,5)35-72-53(68)44-15-10-23-64(59-44)52(45)67/h8,12-13,17-18,21,30,32,36-37,44-45,49,59H,9-10,14-15,19-20,22-29,31,33-35H2,1-7H3,(H,58,66)/t37-,44-,45-,49-,56?/m0/s1. The molecular formula is C56H72N8O8. The zero-order valence-electron chi connectivity index (χ0n) is 43.2. The van der Waals surface area contributed by atoms with E-state index in [4.69, 9.17) is 19.2 Å². The van der Waals surface area contributed by atoms with Gasteiger partial charge in [0, 0.05) is 93.6 Å². The number of carbonyl (C=O) groups excluding carboxylic acids is 5. The number of allylic oxidation sites excluding steroid dienone is 1. The Morgan fingerprint density at radius 3 is 2.56 bits per heavy atom. The molecule has 6 aliphatic rings. The molecule has 0 saturated carbocycles. The van der Waals surface area contributed by atoms with Crippen LogP contribution >= 0.6 is 0 Å². The van der Waals surface area contributed by atoms with Crippen molar-refractivity contribution >= 4 is 52.3 Å². The fourth-order valence-corrected chi connectivity index (χ4v) is 11.7. The van der Waals surface area contributed by atoms with Crippen molar-refractivity contribution in [3.05, 3.63) is 65.0 Å². The van der Waals surface area contributed by atoms with Crippen LogP contribution in [0.25, 0.3) is 27.6 Å². The van der Waals surface area contributed by atoms with Crippen LogP contribution in [-0.4, -0.2) is 157 Å². The molecule has 2 N–H and O–H groups in total. The first kappa shape index (κ1) is 51.1. The van der Waals surface area contributed by atoms with Gasteiger partial charge in [0.2, 0.25) is 11.8 Å². The van der Waals surface area contributed by atoms with Gasteiger partial charge in [-0.15, -0.1) is 0 Å². The minimum Gasteiger partial charge on any atom is -0.464 e. The fourth-order valence-electron chi connectivity index (χ4n) is 11.7. The van der Waals surface area contributed by atoms with Gasteiger partial charge in [-0.1, -0.05) is 63.9 Å². The number of nitrogens with zero attached hydrogens (tertiary/aromatic N) is 6. The number of esters is 1. The van der Waals surface area contributed by atoms with Gasteiger partial charge in [0.25, 0.3) is 11.8 Å². The van der Waals surface area contributed by atoms with Crippen LogP contribution in [0.5, 0.6) is 0 Å². The molecule has 1 aromatic heterocycles. The van der Waals surface area contributed by atoms with Crippen molar-refractivity contribution in [2.75, 3.05) is 72.7 Å². The first-order chi connectivity index (χ1) is 34.6. The topological polar surface area (TPSA) is 167 Å². The monoisotopic (exact) mass is 985 g/mol. The summed E-state index contributed by atoms with van der Waals surface area (Å²) in [6.07, 6.45) is 6.19. The normalized spacial score (nSPS) is 24.9. The average molecular weight is 985 g/mol. The summed E-state index contributed by atoms with van der Waals surface area (Å²) in [7, 11) is 3.81. The number of aliphatic imine (C=N–C) groups is 1. The van der Waals surface area contributed by atoms with E-state index >= 15 is 0 Å². The molecule has 9 rings (SSSR count). The van der Waals surface area contributed by atoms with Gasteiger partial charge in [-0.3, -0.25) is 38.9 Å². The number of cyclic esters (lactones) is 1. The number of ether oxygens (including phenoxy) is 3. The van der Waals surface area contributed by atoms with E-state index in [1.807, 2.05) is 39.1 Å². The zero-order chi connectivity index (χ0) is 50.9. The molecule has 0 aliphatic carbocycles. The van der Waals surface area contributed by atoms with Crippen molar-refractivity contribution in [2.45, 2.75) is 110 Å². The number of methoxy groups -OCH3 is 1. The number of hydrogen-bond acceptors (Lipinski definition) is 11. The highest BCUT2D eigenvalue weighted by molar-refractivity contribution is 5.98. The molecular weight excluding hydrogens is 913 g/mol. The van der Waals surface area contributed by atoms with E-state index in [1.54, 1.807) is 16.9 Å². The summed E-state index contributed by atoms with van der Waals surface area (Å²) in [5.74, 6) is 3.82. The molecule has 3 aromatic rings. The number of benzene rings is 2. The van der Waals surface area contributed by atoms with Crippen LogP contribution in [0.15, 0.2) is 53.2 Å². The van der Waals surface area contributed by atoms with Gasteiger partial charge < -0.3 is 33.9 Å². The van der Waals surface area contributed by atoms with E-state index < -0.39 is 40.8 Å². The molecule has 1 unspecified atom stereocenters. The van der Waals surface area contributed by atoms with E-state index in [2.05, 4.69) is 83.3 Å². The number of rotatable bonds is 8. The van der Waals surface area contributed by atoms with Crippen molar-refractivity contribution in [1.82, 2.24) is 35.0 Å². The van der Waals surface area contributed by atoms with Crippen molar-refractivity contribution < 1.29 is 38.2 Å². The van der Waals surface area contributed by atoms with Crippen molar-refractivity contribution in [3.8, 4) is 23.0 Å². The highest BCUT2D eigenvalue weighted by Gasteiger charge is 2.54. The lowest BCUT2D eigenvalue weighted by Crippen LogP contribution is -2.62. The molecule has 4 amide bonds. The number of amides is 4. The van der Waals surface area contributed by atoms with Crippen LogP contribution in [0.3, 0.4) is 0 Å². The van der Waals surface area contributed by atoms with Gasteiger partial charge in [-0.05, 0) is 98.1 Å². The highest BCUT2D eigenvalue weighted by atomic mass is 16.5. The van der Waals surface area contributed by atoms with Gasteiger partial charge in [0.15, 0.2) is 0 Å². The summed E-state index contributed by atoms with van der Waals surface area (Å²) in [5.41, 5.74) is 10.1. The summed E-state index contributed by atoms with van der Waals surface area (Å²) >= 11 is 0. The third-order valence-corrected chi connectivity index (χ3v) is 15.7. The molecule has 16 nitrogen and oxygen atoms in total. The number of likely N-dealkylation sites (tertiary alicyclic amines) is 2. The van der Waals surface area contributed by atoms with Crippen LogP contribution < -0.4 is 10.7 Å². The number of hydrogen-bond donors (Lipinski definition) is 2. The average Bonchev–Trinajstić information content (AvgIpc) is 4.04. The van der Waals surface area contributed by atoms with E-state index in [9.17, 15) is 24.0 Å². The maximum absolute atomic E-state index is 14.9. The molecule has 4 fully saturated rings. The smallest absolute Gasteiger partial charge is 0.324 e. The summed E-state index contributed by atoms with van der Waals surface area (Å²) in [4.78, 5) is 81.9. The number of carbonyl (C=O) groups is 5. The van der Waals surface area contributed by atoms with Crippen molar-refractivity contribution in [3.63, 3.8) is 0 Å². The van der Waals surface area contributed by atoms with Crippen molar-refractivity contribution in [1.29, 1.82) is 0 Å². The van der Waals surface area contributed by atoms with E-state index in [-0.39, 0.29) is 49.3 Å². The Morgan fingerprint density at radius 1 is 1.00 bits per heavy atom. The highest BCUT2D eigenvalue weighted by Crippen LogP contribution is 2.43. The number of fused-ring (bicyclic) bond motifs is 6. The maximum Gasteiger partial charge on any atom is 0.324 e. The summed E-state index contributed by atoms with van der Waals surface area (Å²) in [6, 6.07) is 11.9. The van der Waals surface area contributed by atoms with Gasteiger partial charge in [0.1, 0.15) is 18.1 Å². The Bertz CT molecular complexity index is 2720. The van der Waals surface area contributed by atoms with E-state index in [0.29, 0.717) is 71.5 Å². The van der Waals surface area contributed by atoms with Crippen LogP contribution in [-0.2, 0) is 58.1 Å². The van der Waals surface area contributed by atoms with Gasteiger partial charge in [-0.2, -0.15) is 0 Å². The zero-order valence-corrected chi connectivity index (χ0v) is 43.2. The third kappa shape index (κ3) is 10.5. The molecule has 6 bridgehead atoms. The quantitative estimate of drug-likeness (QED) is 0.234. The summed E-state index contributed by atoms with van der Waals surface area (Å²) < 4.78 is 19.7. The molecule has 5 atom stereocenters. The molecule has 7 heterocycles. The second kappa shape index (κ2) is 21.3. The summed E-state index contributed by atoms with van der Waals surface area (Å²) in [6.45, 7) is 14.9. The molecule has 6 aliphatic heterocycles. The second-order valence-electron chi connectivity index (χ2n) is 21.8. The number of aryl methyl sites for hydroxylation is 1. The number of hydrazine groups is 1. The van der Waals surface area contributed by atoms with E-state index in [1.165, 1.54) is 5.01 Å². The number of morpholine rings is 1. The Kier molecular flexibility index (Phi) is 15.1. The van der Waals surface area contributed by atoms with Gasteiger partial charge in [-0.25, -0.2) is 5.43 Å². The SMILES string of the molecule is CO[C@@H](C)C1=C(c2c3c4cc(ccc4n2C)-c2cccc(c2)C[C@H](NC(=O)[C@H](C(C)C)N2CCC4(CCN(C(=O)C#CCN5CCOCC5)C4)C2=O)C(=O)N2CCC[C@H](N2)C(=O)OCC(C)(C)C3)CCC=N1. The van der Waals surface area contributed by atoms with Gasteiger partial charge in [0.05, 0.1) is 43.6 Å². The number of nitrogens with one attached hydrogen (secondary N) is 2. The molecule has 2 aromatic carbocycles. The lowest BCUT2D eigenvalue weighted by atomic mass is 9.83. The summed E-state index contributed by atoms with van der Waals surface area (Å²) in [5, 5.41) is 5.69. The first-order valence-corrected chi connectivity index (χ1v) is 26.0. The molecule has 72 heavy (non-hydrogen) atoms. The largest absolute Gasteiger partial charge is 0.464 e. The van der Waals surface area contributed by atoms with E-state index in [0.717, 1.165) is 76.1 Å². The maximum atomic E-state index is 14.9. The lowest BCUT2D eigenvalue weighted by Gasteiger charge is -2.37. The molecule has 1 spiro atoms. The van der Waals surface area contributed by atoms with Crippen LogP contribution in [0.1, 0.15) is 90.0 Å². The second-order valence-corrected chi connectivity index (χ2v) is 21.8. The number of aromatic nitrogens is 1. The first-order valence-electron chi connectivity index (χ1n) is 26.0. The Labute approximate surface area is 423 Å². The molecule has 384 valence electrons. The predicted octanol–water partition coefficient (Wildman–Crippen LogP) is 4.92. The van der Waals surface area contributed by atoms with Crippen molar-refractivity contribution in [2.24, 2.45) is 28.8 Å². The van der Waals surface area contributed by atoms with Crippen LogP contribution in [0.4, 0.5) is 0 Å². The Balaban J connectivity index is 1.01. The predicted molar refractivity (Wildman–Crippen MR) is 275 cm³/mol. The fraction of sp³-hybridized carbons (Fsp3) is 0.571. The minimum atomic E-state index is -1.04. The van der Waals surface area contributed by atoms with Crippen LogP contribution in [0, 0.1) is 28.6 Å². The Hall–Kier alpha value is -5.86. The minimum absolute atomic E-state index is 0.150. The van der Waals surface area contributed by atoms with Gasteiger partial charge >= 0.3 is 5.97 Å². The molecule has 4 saturated heterocycles. The lowest BCUT2D eigenvalue weighted by molar-refractivity contribution is -0.155. The Morgan fingerprint density at radius 2 is 1.78 bits per heavy atom. The molecule has 16 heteroatoms. The van der Waals surface area contributed by atoms with Crippen LogP contribution in [0.2, 0.25) is 0 Å². The third-order valence-electron chi connectivity index (χ3n) is 15.7. The molecule has 0 radical (unpaired) electrons.